The van der Waals surface area contributed by atoms with Gasteiger partial charge in [0, 0.05) is 48.8 Å². The van der Waals surface area contributed by atoms with Crippen LogP contribution in [-0.4, -0.2) is 38.5 Å². The molecule has 188 valence electrons. The number of pyridine rings is 1. The Hall–Kier alpha value is -4.34. The fourth-order valence-electron chi connectivity index (χ4n) is 4.60. The van der Waals surface area contributed by atoms with Crippen LogP contribution >= 0.6 is 0 Å². The van der Waals surface area contributed by atoms with Gasteiger partial charge in [-0.25, -0.2) is 9.97 Å². The summed E-state index contributed by atoms with van der Waals surface area (Å²) < 4.78 is 7.20. The van der Waals surface area contributed by atoms with E-state index >= 15 is 0 Å². The SMILES string of the molecule is Cc1nc(C(=O)NCc2ccc3c(c2)CC(=O)CO3)cc(C2=NOC(c3ccc(=O)n(C4CC4)c3)C2)n1. The van der Waals surface area contributed by atoms with Crippen LogP contribution in [0.4, 0.5) is 0 Å². The van der Waals surface area contributed by atoms with Crippen LogP contribution in [-0.2, 0) is 22.6 Å². The zero-order chi connectivity index (χ0) is 25.5. The quantitative estimate of drug-likeness (QED) is 0.553. The summed E-state index contributed by atoms with van der Waals surface area (Å²) in [6, 6.07) is 10.8. The number of aryl methyl sites for hydroxylation is 1. The Bertz CT molecular complexity index is 1510. The first-order chi connectivity index (χ1) is 17.9. The first-order valence-corrected chi connectivity index (χ1v) is 12.3. The molecule has 0 bridgehead atoms. The van der Waals surface area contributed by atoms with E-state index in [0.29, 0.717) is 35.8 Å². The summed E-state index contributed by atoms with van der Waals surface area (Å²) in [5.41, 5.74) is 3.93. The lowest BCUT2D eigenvalue weighted by atomic mass is 10.0. The summed E-state index contributed by atoms with van der Waals surface area (Å²) >= 11 is 0. The molecule has 6 rings (SSSR count). The third-order valence-corrected chi connectivity index (χ3v) is 6.66. The van der Waals surface area contributed by atoms with Gasteiger partial charge in [-0.15, -0.1) is 0 Å². The van der Waals surface area contributed by atoms with Crippen molar-refractivity contribution in [3.63, 3.8) is 0 Å². The minimum Gasteiger partial charge on any atom is -0.486 e. The lowest BCUT2D eigenvalue weighted by molar-refractivity contribution is -0.121. The maximum atomic E-state index is 12.9. The van der Waals surface area contributed by atoms with Crippen molar-refractivity contribution in [2.45, 2.75) is 51.3 Å². The summed E-state index contributed by atoms with van der Waals surface area (Å²) in [7, 11) is 0. The molecule has 1 fully saturated rings. The van der Waals surface area contributed by atoms with Gasteiger partial charge in [0.05, 0.1) is 5.69 Å². The third-order valence-electron chi connectivity index (χ3n) is 6.66. The van der Waals surface area contributed by atoms with Crippen molar-refractivity contribution in [1.29, 1.82) is 0 Å². The Labute approximate surface area is 212 Å². The lowest BCUT2D eigenvalue weighted by Gasteiger charge is -2.17. The second-order valence-corrected chi connectivity index (χ2v) is 9.59. The summed E-state index contributed by atoms with van der Waals surface area (Å²) in [5, 5.41) is 7.11. The number of fused-ring (bicyclic) bond motifs is 1. The van der Waals surface area contributed by atoms with Gasteiger partial charge in [-0.2, -0.15) is 0 Å². The van der Waals surface area contributed by atoms with Crippen LogP contribution in [0.1, 0.15) is 70.1 Å². The predicted octanol–water partition coefficient (Wildman–Crippen LogP) is 2.58. The molecule has 10 nitrogen and oxygen atoms in total. The Kier molecular flexibility index (Phi) is 5.78. The molecule has 2 aromatic heterocycles. The van der Waals surface area contributed by atoms with Crippen LogP contribution in [0.5, 0.6) is 5.75 Å². The average molecular weight is 500 g/mol. The molecule has 0 radical (unpaired) electrons. The summed E-state index contributed by atoms with van der Waals surface area (Å²) in [6.07, 6.45) is 4.36. The van der Waals surface area contributed by atoms with E-state index in [-0.39, 0.29) is 48.2 Å². The molecule has 1 N–H and O–H groups in total. The molecule has 10 heteroatoms. The number of Topliss-reactive ketones (excluding diaryl/α,β-unsaturated/α-hetero) is 1. The number of hydrogen-bond acceptors (Lipinski definition) is 8. The molecule has 1 saturated carbocycles. The number of aromatic nitrogens is 3. The van der Waals surface area contributed by atoms with E-state index in [4.69, 9.17) is 9.57 Å². The molecule has 1 unspecified atom stereocenters. The highest BCUT2D eigenvalue weighted by molar-refractivity contribution is 6.02. The molecule has 1 aromatic carbocycles. The van der Waals surface area contributed by atoms with Crippen LogP contribution in [0.25, 0.3) is 0 Å². The van der Waals surface area contributed by atoms with Crippen molar-refractivity contribution in [2.24, 2.45) is 5.16 Å². The van der Waals surface area contributed by atoms with Crippen molar-refractivity contribution < 1.29 is 19.2 Å². The van der Waals surface area contributed by atoms with Crippen molar-refractivity contribution in [1.82, 2.24) is 19.9 Å². The fraction of sp³-hybridized carbons (Fsp3) is 0.333. The van der Waals surface area contributed by atoms with E-state index < -0.39 is 0 Å². The predicted molar refractivity (Wildman–Crippen MR) is 133 cm³/mol. The molecule has 1 atom stereocenters. The number of benzene rings is 1. The lowest BCUT2D eigenvalue weighted by Crippen LogP contribution is -2.25. The van der Waals surface area contributed by atoms with Gasteiger partial charge in [-0.3, -0.25) is 14.4 Å². The Balaban J connectivity index is 1.14. The van der Waals surface area contributed by atoms with E-state index in [9.17, 15) is 14.4 Å². The fourth-order valence-corrected chi connectivity index (χ4v) is 4.60. The van der Waals surface area contributed by atoms with Gasteiger partial charge in [0.2, 0.25) is 0 Å². The Morgan fingerprint density at radius 3 is 2.84 bits per heavy atom. The van der Waals surface area contributed by atoms with E-state index in [1.165, 1.54) is 0 Å². The Morgan fingerprint density at radius 1 is 1.14 bits per heavy atom. The first kappa shape index (κ1) is 23.1. The van der Waals surface area contributed by atoms with E-state index in [1.807, 2.05) is 24.4 Å². The number of carbonyl (C=O) groups excluding carboxylic acids is 2. The largest absolute Gasteiger partial charge is 0.486 e. The summed E-state index contributed by atoms with van der Waals surface area (Å²) in [6.45, 7) is 2.10. The smallest absolute Gasteiger partial charge is 0.270 e. The van der Waals surface area contributed by atoms with Crippen molar-refractivity contribution in [2.75, 3.05) is 6.61 Å². The molecule has 3 aliphatic rings. The third kappa shape index (κ3) is 4.87. The second-order valence-electron chi connectivity index (χ2n) is 9.59. The van der Waals surface area contributed by atoms with Crippen molar-refractivity contribution in [3.05, 3.63) is 86.9 Å². The zero-order valence-electron chi connectivity index (χ0n) is 20.3. The van der Waals surface area contributed by atoms with Gasteiger partial charge in [0.15, 0.2) is 11.9 Å². The maximum Gasteiger partial charge on any atom is 0.270 e. The standard InChI is InChI=1S/C27H25N5O5/c1-15-29-21(22-11-25(37-31-22)17-3-7-26(34)32(13-17)19-4-5-19)10-23(30-15)27(35)28-12-16-2-6-24-18(8-16)9-20(33)14-36-24/h2-3,6-8,10,13,19,25H,4-5,9,11-12,14H2,1H3,(H,28,35). The second kappa shape index (κ2) is 9.27. The molecule has 3 aromatic rings. The first-order valence-electron chi connectivity index (χ1n) is 12.3. The minimum absolute atomic E-state index is 0.00956. The number of amides is 1. The highest BCUT2D eigenvalue weighted by atomic mass is 16.6. The topological polar surface area (TPSA) is 125 Å². The summed E-state index contributed by atoms with van der Waals surface area (Å²) in [4.78, 5) is 51.2. The average Bonchev–Trinajstić information content (AvgIpc) is 3.62. The minimum atomic E-state index is -0.343. The highest BCUT2D eigenvalue weighted by Crippen LogP contribution is 2.35. The van der Waals surface area contributed by atoms with Gasteiger partial charge in [0.1, 0.15) is 29.6 Å². The van der Waals surface area contributed by atoms with Crippen molar-refractivity contribution >= 4 is 17.4 Å². The number of ketones is 1. The van der Waals surface area contributed by atoms with Gasteiger partial charge in [-0.05, 0) is 49.6 Å². The van der Waals surface area contributed by atoms with Crippen LogP contribution in [0, 0.1) is 6.92 Å². The van der Waals surface area contributed by atoms with Crippen LogP contribution in [0.15, 0.2) is 52.5 Å². The molecular formula is C27H25N5O5. The normalized spacial score (nSPS) is 18.5. The Morgan fingerprint density at radius 2 is 2.00 bits per heavy atom. The zero-order valence-corrected chi connectivity index (χ0v) is 20.3. The highest BCUT2D eigenvalue weighted by Gasteiger charge is 2.29. The van der Waals surface area contributed by atoms with Gasteiger partial charge < -0.3 is 19.5 Å². The van der Waals surface area contributed by atoms with Gasteiger partial charge in [-0.1, -0.05) is 11.2 Å². The van der Waals surface area contributed by atoms with Gasteiger partial charge in [0.25, 0.3) is 11.5 Å². The van der Waals surface area contributed by atoms with E-state index in [1.54, 1.807) is 29.7 Å². The number of ether oxygens (including phenoxy) is 1. The molecule has 4 heterocycles. The molecule has 1 amide bonds. The number of oxime groups is 1. The number of nitrogens with zero attached hydrogens (tertiary/aromatic N) is 4. The molecule has 2 aliphatic heterocycles. The van der Waals surface area contributed by atoms with Crippen LogP contribution in [0.2, 0.25) is 0 Å². The maximum absolute atomic E-state index is 12.9. The van der Waals surface area contributed by atoms with E-state index in [0.717, 1.165) is 29.5 Å². The molecule has 0 spiro atoms. The summed E-state index contributed by atoms with van der Waals surface area (Å²) in [5.74, 6) is 0.836. The molecule has 37 heavy (non-hydrogen) atoms. The molecule has 1 aliphatic carbocycles. The monoisotopic (exact) mass is 499 g/mol. The number of rotatable bonds is 6. The molecular weight excluding hydrogens is 474 g/mol. The molecule has 0 saturated heterocycles. The van der Waals surface area contributed by atoms with Gasteiger partial charge >= 0.3 is 0 Å². The number of hydrogen-bond donors (Lipinski definition) is 1. The van der Waals surface area contributed by atoms with E-state index in [2.05, 4.69) is 20.4 Å². The van der Waals surface area contributed by atoms with Crippen molar-refractivity contribution in [3.8, 4) is 5.75 Å². The van der Waals surface area contributed by atoms with Crippen LogP contribution < -0.4 is 15.6 Å². The number of carbonyl (C=O) groups is 2. The van der Waals surface area contributed by atoms with Crippen LogP contribution in [0.3, 0.4) is 0 Å². The number of nitrogens with one attached hydrogen (secondary N) is 1.